The molecule has 1 aromatic carbocycles. The standard InChI is InChI=1S/C15H16ClN3S/c1-10-3-4-12-13(9-10)19(15(18-12)11(2)16)7-5-14-17-6-8-20-14/h3-4,6,8-9,11H,5,7H2,1-2H3. The molecule has 0 aliphatic rings. The molecule has 1 unspecified atom stereocenters. The number of rotatable bonds is 4. The quantitative estimate of drug-likeness (QED) is 0.671. The van der Waals surface area contributed by atoms with Gasteiger partial charge < -0.3 is 4.57 Å². The Kier molecular flexibility index (Phi) is 3.76. The molecule has 2 heterocycles. The third-order valence-electron chi connectivity index (χ3n) is 3.32. The van der Waals surface area contributed by atoms with Crippen molar-refractivity contribution in [3.8, 4) is 0 Å². The van der Waals surface area contributed by atoms with Gasteiger partial charge in [0.25, 0.3) is 0 Å². The van der Waals surface area contributed by atoms with Gasteiger partial charge in [0.2, 0.25) is 0 Å². The van der Waals surface area contributed by atoms with Gasteiger partial charge in [-0.15, -0.1) is 22.9 Å². The predicted octanol–water partition coefficient (Wildman–Crippen LogP) is 4.34. The third-order valence-corrected chi connectivity index (χ3v) is 4.36. The van der Waals surface area contributed by atoms with Crippen molar-refractivity contribution in [3.63, 3.8) is 0 Å². The number of fused-ring (bicyclic) bond motifs is 1. The first-order valence-electron chi connectivity index (χ1n) is 6.64. The Morgan fingerprint density at radius 2 is 2.25 bits per heavy atom. The van der Waals surface area contributed by atoms with E-state index in [1.807, 2.05) is 18.5 Å². The lowest BCUT2D eigenvalue weighted by molar-refractivity contribution is 0.666. The van der Waals surface area contributed by atoms with Crippen molar-refractivity contribution < 1.29 is 0 Å². The number of hydrogen-bond acceptors (Lipinski definition) is 3. The number of halogens is 1. The molecule has 2 aromatic heterocycles. The van der Waals surface area contributed by atoms with Crippen LogP contribution in [-0.4, -0.2) is 14.5 Å². The molecule has 0 saturated carbocycles. The highest BCUT2D eigenvalue weighted by Crippen LogP contribution is 2.25. The van der Waals surface area contributed by atoms with Crippen LogP contribution in [0.5, 0.6) is 0 Å². The maximum Gasteiger partial charge on any atom is 0.127 e. The number of aromatic nitrogens is 3. The molecule has 3 nitrogen and oxygen atoms in total. The van der Waals surface area contributed by atoms with E-state index in [1.165, 1.54) is 5.56 Å². The van der Waals surface area contributed by atoms with Crippen molar-refractivity contribution in [1.82, 2.24) is 14.5 Å². The lowest BCUT2D eigenvalue weighted by Gasteiger charge is -2.09. The van der Waals surface area contributed by atoms with Crippen molar-refractivity contribution in [2.75, 3.05) is 0 Å². The highest BCUT2D eigenvalue weighted by Gasteiger charge is 2.15. The van der Waals surface area contributed by atoms with Gasteiger partial charge in [0.15, 0.2) is 0 Å². The molecule has 0 aliphatic heterocycles. The largest absolute Gasteiger partial charge is 0.326 e. The molecule has 104 valence electrons. The van der Waals surface area contributed by atoms with Gasteiger partial charge in [-0.3, -0.25) is 0 Å². The van der Waals surface area contributed by atoms with Crippen LogP contribution in [0.15, 0.2) is 29.8 Å². The summed E-state index contributed by atoms with van der Waals surface area (Å²) in [4.78, 5) is 9.01. The molecule has 0 amide bonds. The number of benzene rings is 1. The maximum atomic E-state index is 6.28. The number of imidazole rings is 1. The SMILES string of the molecule is Cc1ccc2nc(C(C)Cl)n(CCc3nccs3)c2c1. The Balaban J connectivity index is 2.01. The van der Waals surface area contributed by atoms with E-state index in [-0.39, 0.29) is 5.38 Å². The van der Waals surface area contributed by atoms with Gasteiger partial charge in [0.05, 0.1) is 21.4 Å². The van der Waals surface area contributed by atoms with E-state index in [9.17, 15) is 0 Å². The second-order valence-electron chi connectivity index (χ2n) is 4.91. The highest BCUT2D eigenvalue weighted by molar-refractivity contribution is 7.09. The summed E-state index contributed by atoms with van der Waals surface area (Å²) < 4.78 is 2.22. The Morgan fingerprint density at radius 1 is 1.40 bits per heavy atom. The van der Waals surface area contributed by atoms with Gasteiger partial charge in [0.1, 0.15) is 5.82 Å². The van der Waals surface area contributed by atoms with Crippen LogP contribution in [0.4, 0.5) is 0 Å². The molecular formula is C15H16ClN3S. The molecule has 0 saturated heterocycles. The van der Waals surface area contributed by atoms with E-state index in [0.29, 0.717) is 0 Å². The van der Waals surface area contributed by atoms with Crippen LogP contribution in [-0.2, 0) is 13.0 Å². The van der Waals surface area contributed by atoms with Crippen molar-refractivity contribution in [2.24, 2.45) is 0 Å². The molecule has 0 aliphatic carbocycles. The third kappa shape index (κ3) is 2.58. The van der Waals surface area contributed by atoms with Crippen LogP contribution in [0.1, 0.15) is 28.7 Å². The monoisotopic (exact) mass is 305 g/mol. The van der Waals surface area contributed by atoms with Crippen LogP contribution >= 0.6 is 22.9 Å². The van der Waals surface area contributed by atoms with E-state index in [0.717, 1.165) is 34.8 Å². The smallest absolute Gasteiger partial charge is 0.127 e. The lowest BCUT2D eigenvalue weighted by Crippen LogP contribution is -2.06. The van der Waals surface area contributed by atoms with Crippen LogP contribution in [0.25, 0.3) is 11.0 Å². The zero-order chi connectivity index (χ0) is 14.1. The fraction of sp³-hybridized carbons (Fsp3) is 0.333. The van der Waals surface area contributed by atoms with Crippen molar-refractivity contribution in [1.29, 1.82) is 0 Å². The van der Waals surface area contributed by atoms with Gasteiger partial charge in [-0.05, 0) is 31.5 Å². The Morgan fingerprint density at radius 3 is 2.95 bits per heavy atom. The minimum Gasteiger partial charge on any atom is -0.326 e. The highest BCUT2D eigenvalue weighted by atomic mass is 35.5. The summed E-state index contributed by atoms with van der Waals surface area (Å²) in [6, 6.07) is 6.32. The van der Waals surface area contributed by atoms with Crippen LogP contribution in [0.2, 0.25) is 0 Å². The summed E-state index contributed by atoms with van der Waals surface area (Å²) in [5, 5.41) is 3.06. The van der Waals surface area contributed by atoms with E-state index >= 15 is 0 Å². The topological polar surface area (TPSA) is 30.7 Å². The van der Waals surface area contributed by atoms with Crippen LogP contribution in [0, 0.1) is 6.92 Å². The number of alkyl halides is 1. The van der Waals surface area contributed by atoms with Crippen molar-refractivity contribution in [2.45, 2.75) is 32.2 Å². The second-order valence-corrected chi connectivity index (χ2v) is 6.54. The first-order valence-corrected chi connectivity index (χ1v) is 7.96. The Bertz CT molecular complexity index is 716. The summed E-state index contributed by atoms with van der Waals surface area (Å²) in [6.07, 6.45) is 2.76. The predicted molar refractivity (Wildman–Crippen MR) is 84.6 cm³/mol. The number of thiazole rings is 1. The molecule has 0 radical (unpaired) electrons. The molecule has 0 N–H and O–H groups in total. The van der Waals surface area contributed by atoms with Gasteiger partial charge in [0, 0.05) is 24.5 Å². The average molecular weight is 306 g/mol. The molecule has 20 heavy (non-hydrogen) atoms. The van der Waals surface area contributed by atoms with E-state index < -0.39 is 0 Å². The van der Waals surface area contributed by atoms with Gasteiger partial charge in [-0.1, -0.05) is 6.07 Å². The summed E-state index contributed by atoms with van der Waals surface area (Å²) >= 11 is 7.97. The van der Waals surface area contributed by atoms with E-state index in [1.54, 1.807) is 11.3 Å². The Hall–Kier alpha value is -1.39. The summed E-state index contributed by atoms with van der Waals surface area (Å²) in [5.74, 6) is 0.934. The molecule has 0 bridgehead atoms. The Labute approximate surface area is 127 Å². The van der Waals surface area contributed by atoms with E-state index in [2.05, 4.69) is 39.7 Å². The zero-order valence-corrected chi connectivity index (χ0v) is 13.1. The average Bonchev–Trinajstić information content (AvgIpc) is 3.03. The fourth-order valence-corrected chi connectivity index (χ4v) is 3.15. The van der Waals surface area contributed by atoms with Crippen LogP contribution < -0.4 is 0 Å². The van der Waals surface area contributed by atoms with Gasteiger partial charge >= 0.3 is 0 Å². The summed E-state index contributed by atoms with van der Waals surface area (Å²) in [7, 11) is 0. The molecule has 0 spiro atoms. The van der Waals surface area contributed by atoms with Gasteiger partial charge in [-0.2, -0.15) is 0 Å². The second kappa shape index (κ2) is 5.54. The first-order chi connectivity index (χ1) is 9.65. The molecule has 3 rings (SSSR count). The number of hydrogen-bond donors (Lipinski definition) is 0. The molecule has 0 fully saturated rings. The van der Waals surface area contributed by atoms with Crippen LogP contribution in [0.3, 0.4) is 0 Å². The number of aryl methyl sites for hydroxylation is 3. The number of nitrogens with zero attached hydrogens (tertiary/aromatic N) is 3. The van der Waals surface area contributed by atoms with Crippen molar-refractivity contribution >= 4 is 34.0 Å². The maximum absolute atomic E-state index is 6.28. The summed E-state index contributed by atoms with van der Waals surface area (Å²) in [5.41, 5.74) is 3.41. The first kappa shape index (κ1) is 13.6. The lowest BCUT2D eigenvalue weighted by atomic mass is 10.2. The molecule has 5 heteroatoms. The minimum absolute atomic E-state index is 0.0981. The van der Waals surface area contributed by atoms with E-state index in [4.69, 9.17) is 11.6 Å². The molecule has 3 aromatic rings. The zero-order valence-electron chi connectivity index (χ0n) is 11.5. The van der Waals surface area contributed by atoms with Crippen molar-refractivity contribution in [3.05, 3.63) is 46.2 Å². The molecular weight excluding hydrogens is 290 g/mol. The normalized spacial score (nSPS) is 12.9. The molecule has 1 atom stereocenters. The fourth-order valence-electron chi connectivity index (χ4n) is 2.37. The minimum atomic E-state index is -0.0981. The van der Waals surface area contributed by atoms with Gasteiger partial charge in [-0.25, -0.2) is 9.97 Å². The summed E-state index contributed by atoms with van der Waals surface area (Å²) in [6.45, 7) is 4.93.